The number of rotatable bonds is 1. The van der Waals surface area contributed by atoms with Crippen molar-refractivity contribution in [2.75, 3.05) is 0 Å². The molecule has 0 aliphatic rings. The van der Waals surface area contributed by atoms with Crippen LogP contribution < -0.4 is 0 Å². The minimum Gasteiger partial charge on any atom is -0.207 e. The van der Waals surface area contributed by atoms with Crippen molar-refractivity contribution in [3.05, 3.63) is 35.1 Å². The van der Waals surface area contributed by atoms with Gasteiger partial charge in [0.1, 0.15) is 5.82 Å². The monoisotopic (exact) mass is 191 g/mol. The van der Waals surface area contributed by atoms with Gasteiger partial charge in [-0.15, -0.1) is 0 Å². The standard InChI is InChI=1S/C12H14FN/c1-12(2,3)11-5-4-10(13)8-9(11)6-7-14/h4-5,8H,6H2,1-3H3. The summed E-state index contributed by atoms with van der Waals surface area (Å²) in [4.78, 5) is 0. The van der Waals surface area contributed by atoms with E-state index in [0.717, 1.165) is 11.1 Å². The van der Waals surface area contributed by atoms with Gasteiger partial charge in [-0.1, -0.05) is 26.8 Å². The number of halogens is 1. The van der Waals surface area contributed by atoms with Crippen LogP contribution in [0.3, 0.4) is 0 Å². The van der Waals surface area contributed by atoms with E-state index in [0.29, 0.717) is 0 Å². The first-order valence-corrected chi connectivity index (χ1v) is 4.61. The molecule has 0 aliphatic heterocycles. The number of hydrogen-bond acceptors (Lipinski definition) is 1. The smallest absolute Gasteiger partial charge is 0.123 e. The lowest BCUT2D eigenvalue weighted by Crippen LogP contribution is -2.14. The van der Waals surface area contributed by atoms with Crippen molar-refractivity contribution in [2.45, 2.75) is 32.6 Å². The molecule has 0 amide bonds. The van der Waals surface area contributed by atoms with Gasteiger partial charge >= 0.3 is 0 Å². The summed E-state index contributed by atoms with van der Waals surface area (Å²) in [7, 11) is 0. The molecule has 0 spiro atoms. The van der Waals surface area contributed by atoms with Crippen LogP contribution in [0.4, 0.5) is 4.39 Å². The third kappa shape index (κ3) is 2.32. The van der Waals surface area contributed by atoms with Gasteiger partial charge < -0.3 is 0 Å². The molecule has 0 unspecified atom stereocenters. The molecule has 2 heteroatoms. The molecule has 0 N–H and O–H groups in total. The predicted molar refractivity (Wildman–Crippen MR) is 54.4 cm³/mol. The van der Waals surface area contributed by atoms with Crippen LogP contribution in [0.5, 0.6) is 0 Å². The number of nitrogens with zero attached hydrogens (tertiary/aromatic N) is 1. The summed E-state index contributed by atoms with van der Waals surface area (Å²) in [6.07, 6.45) is 0.268. The van der Waals surface area contributed by atoms with Gasteiger partial charge in [-0.05, 0) is 28.7 Å². The van der Waals surface area contributed by atoms with Gasteiger partial charge in [-0.3, -0.25) is 0 Å². The van der Waals surface area contributed by atoms with E-state index in [9.17, 15) is 4.39 Å². The fourth-order valence-electron chi connectivity index (χ4n) is 1.53. The van der Waals surface area contributed by atoms with Crippen LogP contribution in [0.2, 0.25) is 0 Å². The summed E-state index contributed by atoms with van der Waals surface area (Å²) in [6, 6.07) is 6.72. The molecule has 1 aromatic rings. The minimum absolute atomic E-state index is 0.0418. The van der Waals surface area contributed by atoms with E-state index in [4.69, 9.17) is 5.26 Å². The van der Waals surface area contributed by atoms with Crippen LogP contribution in [-0.4, -0.2) is 0 Å². The molecule has 0 saturated heterocycles. The molecule has 0 heterocycles. The first-order valence-electron chi connectivity index (χ1n) is 4.61. The Morgan fingerprint density at radius 2 is 2.00 bits per heavy atom. The normalized spacial score (nSPS) is 11.1. The van der Waals surface area contributed by atoms with Crippen LogP contribution in [0.1, 0.15) is 31.9 Å². The van der Waals surface area contributed by atoms with Gasteiger partial charge in [-0.25, -0.2) is 4.39 Å². The predicted octanol–water partition coefficient (Wildman–Crippen LogP) is 3.19. The fourth-order valence-corrected chi connectivity index (χ4v) is 1.53. The van der Waals surface area contributed by atoms with Crippen molar-refractivity contribution in [3.63, 3.8) is 0 Å². The third-order valence-corrected chi connectivity index (χ3v) is 2.14. The fraction of sp³-hybridized carbons (Fsp3) is 0.417. The van der Waals surface area contributed by atoms with Gasteiger partial charge in [0.25, 0.3) is 0 Å². The Kier molecular flexibility index (Phi) is 2.90. The van der Waals surface area contributed by atoms with Crippen molar-refractivity contribution in [1.82, 2.24) is 0 Å². The second kappa shape index (κ2) is 3.79. The first kappa shape index (κ1) is 10.7. The van der Waals surface area contributed by atoms with Gasteiger partial charge in [0.2, 0.25) is 0 Å². The maximum atomic E-state index is 12.9. The summed E-state index contributed by atoms with van der Waals surface area (Å²) in [5, 5.41) is 8.63. The van der Waals surface area contributed by atoms with E-state index in [1.54, 1.807) is 6.07 Å². The SMILES string of the molecule is CC(C)(C)c1ccc(F)cc1CC#N. The van der Waals surface area contributed by atoms with Crippen molar-refractivity contribution >= 4 is 0 Å². The number of nitriles is 1. The molecule has 0 bridgehead atoms. The highest BCUT2D eigenvalue weighted by atomic mass is 19.1. The Hall–Kier alpha value is -1.36. The van der Waals surface area contributed by atoms with E-state index in [2.05, 4.69) is 26.8 Å². The first-order chi connectivity index (χ1) is 6.45. The van der Waals surface area contributed by atoms with E-state index in [-0.39, 0.29) is 17.7 Å². The zero-order valence-electron chi connectivity index (χ0n) is 8.76. The summed E-state index contributed by atoms with van der Waals surface area (Å²) >= 11 is 0. The zero-order valence-corrected chi connectivity index (χ0v) is 8.76. The molecule has 1 rings (SSSR count). The van der Waals surface area contributed by atoms with Crippen LogP contribution in [0.15, 0.2) is 18.2 Å². The minimum atomic E-state index is -0.275. The topological polar surface area (TPSA) is 23.8 Å². The van der Waals surface area contributed by atoms with E-state index < -0.39 is 0 Å². The van der Waals surface area contributed by atoms with Gasteiger partial charge in [-0.2, -0.15) is 5.26 Å². The second-order valence-corrected chi connectivity index (χ2v) is 4.39. The Balaban J connectivity index is 3.23. The number of benzene rings is 1. The highest BCUT2D eigenvalue weighted by molar-refractivity contribution is 5.35. The maximum Gasteiger partial charge on any atom is 0.123 e. The van der Waals surface area contributed by atoms with Gasteiger partial charge in [0, 0.05) is 0 Å². The molecule has 0 radical (unpaired) electrons. The lowest BCUT2D eigenvalue weighted by molar-refractivity contribution is 0.576. The summed E-state index contributed by atoms with van der Waals surface area (Å²) in [5.74, 6) is -0.275. The van der Waals surface area contributed by atoms with E-state index in [1.807, 2.05) is 0 Å². The van der Waals surface area contributed by atoms with Crippen LogP contribution >= 0.6 is 0 Å². The van der Waals surface area contributed by atoms with Crippen molar-refractivity contribution in [3.8, 4) is 6.07 Å². The molecular weight excluding hydrogens is 177 g/mol. The highest BCUT2D eigenvalue weighted by Crippen LogP contribution is 2.26. The summed E-state index contributed by atoms with van der Waals surface area (Å²) in [6.45, 7) is 6.17. The van der Waals surface area contributed by atoms with Crippen molar-refractivity contribution < 1.29 is 4.39 Å². The third-order valence-electron chi connectivity index (χ3n) is 2.14. The Labute approximate surface area is 84.2 Å². The van der Waals surface area contributed by atoms with E-state index in [1.165, 1.54) is 12.1 Å². The molecule has 1 aromatic carbocycles. The second-order valence-electron chi connectivity index (χ2n) is 4.39. The van der Waals surface area contributed by atoms with E-state index >= 15 is 0 Å². The Bertz CT molecular complexity index is 369. The van der Waals surface area contributed by atoms with Crippen LogP contribution in [-0.2, 0) is 11.8 Å². The molecular formula is C12H14FN. The van der Waals surface area contributed by atoms with Crippen molar-refractivity contribution in [2.24, 2.45) is 0 Å². The summed E-state index contributed by atoms with van der Waals surface area (Å²) < 4.78 is 12.9. The Morgan fingerprint density at radius 3 is 2.50 bits per heavy atom. The zero-order chi connectivity index (χ0) is 10.8. The molecule has 14 heavy (non-hydrogen) atoms. The molecule has 0 atom stereocenters. The molecule has 1 nitrogen and oxygen atoms in total. The molecule has 0 aromatic heterocycles. The molecule has 0 saturated carbocycles. The van der Waals surface area contributed by atoms with Gasteiger partial charge in [0.05, 0.1) is 12.5 Å². The lowest BCUT2D eigenvalue weighted by atomic mass is 9.83. The average Bonchev–Trinajstić information content (AvgIpc) is 2.02. The quantitative estimate of drug-likeness (QED) is 0.668. The number of hydrogen-bond donors (Lipinski definition) is 0. The van der Waals surface area contributed by atoms with Crippen LogP contribution in [0, 0.1) is 17.1 Å². The molecule has 0 fully saturated rings. The van der Waals surface area contributed by atoms with Crippen LogP contribution in [0.25, 0.3) is 0 Å². The maximum absolute atomic E-state index is 12.9. The Morgan fingerprint density at radius 1 is 1.36 bits per heavy atom. The molecule has 74 valence electrons. The lowest BCUT2D eigenvalue weighted by Gasteiger charge is -2.21. The summed E-state index contributed by atoms with van der Waals surface area (Å²) in [5.41, 5.74) is 1.79. The van der Waals surface area contributed by atoms with Crippen molar-refractivity contribution in [1.29, 1.82) is 5.26 Å². The molecule has 0 aliphatic carbocycles. The largest absolute Gasteiger partial charge is 0.207 e. The average molecular weight is 191 g/mol. The highest BCUT2D eigenvalue weighted by Gasteiger charge is 2.17. The van der Waals surface area contributed by atoms with Gasteiger partial charge in [0.15, 0.2) is 0 Å².